The van der Waals surface area contributed by atoms with Gasteiger partial charge in [0.1, 0.15) is 4.99 Å². The number of nitrogens with one attached hydrogen (secondary N) is 2. The summed E-state index contributed by atoms with van der Waals surface area (Å²) < 4.78 is 0. The average Bonchev–Trinajstić information content (AvgIpc) is 2.40. The second-order valence-electron chi connectivity index (χ2n) is 4.44. The molecule has 6 heteroatoms. The number of hydrogen-bond donors (Lipinski definition) is 3. The molecular formula is C15H14ClN3OS. The van der Waals surface area contributed by atoms with Crippen LogP contribution in [0.25, 0.3) is 0 Å². The first-order chi connectivity index (χ1) is 9.95. The third-order valence-corrected chi connectivity index (χ3v) is 3.19. The number of thiocarbonyl (C=S) groups is 1. The normalized spacial score (nSPS) is 10.0. The minimum atomic E-state index is -0.110. The zero-order chi connectivity index (χ0) is 15.4. The fraction of sp³-hybridized carbons (Fsp3) is 0.0667. The maximum absolute atomic E-state index is 11.0. The Morgan fingerprint density at radius 2 is 1.76 bits per heavy atom. The Labute approximate surface area is 133 Å². The lowest BCUT2D eigenvalue weighted by atomic mass is 10.1. The van der Waals surface area contributed by atoms with Crippen molar-refractivity contribution in [1.29, 1.82) is 0 Å². The highest BCUT2D eigenvalue weighted by molar-refractivity contribution is 7.80. The molecule has 0 saturated carbocycles. The molecule has 0 fully saturated rings. The van der Waals surface area contributed by atoms with Crippen molar-refractivity contribution in [3.8, 4) is 0 Å². The molecule has 0 heterocycles. The molecule has 0 aliphatic rings. The average molecular weight is 320 g/mol. The van der Waals surface area contributed by atoms with E-state index in [1.165, 1.54) is 6.92 Å². The summed E-state index contributed by atoms with van der Waals surface area (Å²) in [6, 6.07) is 12.6. The molecule has 0 saturated heterocycles. The Bertz CT molecular complexity index is 686. The molecule has 4 nitrogen and oxygen atoms in total. The third-order valence-electron chi connectivity index (χ3n) is 2.73. The van der Waals surface area contributed by atoms with Crippen molar-refractivity contribution in [3.05, 3.63) is 53.1 Å². The Balaban J connectivity index is 2.23. The number of carbonyl (C=O) groups excluding carboxylic acids is 1. The van der Waals surface area contributed by atoms with Crippen LogP contribution in [-0.4, -0.2) is 10.9 Å². The molecule has 0 radical (unpaired) electrons. The van der Waals surface area contributed by atoms with Crippen LogP contribution in [0.5, 0.6) is 0 Å². The van der Waals surface area contributed by atoms with E-state index in [0.29, 0.717) is 10.0 Å². The number of rotatable bonds is 4. The molecule has 4 N–H and O–H groups in total. The number of amides is 1. The van der Waals surface area contributed by atoms with Crippen LogP contribution >= 0.6 is 23.8 Å². The van der Waals surface area contributed by atoms with Crippen LogP contribution in [0.4, 0.5) is 17.1 Å². The molecule has 0 aliphatic carbocycles. The Kier molecular flexibility index (Phi) is 4.77. The summed E-state index contributed by atoms with van der Waals surface area (Å²) in [4.78, 5) is 11.3. The molecule has 2 aromatic rings. The van der Waals surface area contributed by atoms with Crippen molar-refractivity contribution in [3.63, 3.8) is 0 Å². The van der Waals surface area contributed by atoms with E-state index >= 15 is 0 Å². The molecule has 0 unspecified atom stereocenters. The summed E-state index contributed by atoms with van der Waals surface area (Å²) in [6.45, 7) is 1.46. The standard InChI is InChI=1S/C15H14ClN3OS/c1-9(20)18-11-3-5-12(6-4-11)19-14-8-10(16)2-7-13(14)15(17)21/h2-8,19H,1H3,(H2,17,21)(H,18,20). The first kappa shape index (κ1) is 15.3. The largest absolute Gasteiger partial charge is 0.389 e. The number of hydrogen-bond acceptors (Lipinski definition) is 3. The molecule has 0 spiro atoms. The summed E-state index contributed by atoms with van der Waals surface area (Å²) >= 11 is 11.0. The second kappa shape index (κ2) is 6.56. The first-order valence-electron chi connectivity index (χ1n) is 6.20. The highest BCUT2D eigenvalue weighted by Crippen LogP contribution is 2.25. The molecule has 1 amide bonds. The summed E-state index contributed by atoms with van der Waals surface area (Å²) in [6.07, 6.45) is 0. The van der Waals surface area contributed by atoms with E-state index in [4.69, 9.17) is 29.6 Å². The molecule has 2 aromatic carbocycles. The Morgan fingerprint density at radius 1 is 1.14 bits per heavy atom. The van der Waals surface area contributed by atoms with Crippen molar-refractivity contribution >= 4 is 51.8 Å². The van der Waals surface area contributed by atoms with Crippen LogP contribution < -0.4 is 16.4 Å². The molecule has 0 aliphatic heterocycles. The maximum Gasteiger partial charge on any atom is 0.221 e. The summed E-state index contributed by atoms with van der Waals surface area (Å²) in [5.74, 6) is -0.110. The lowest BCUT2D eigenvalue weighted by molar-refractivity contribution is -0.114. The summed E-state index contributed by atoms with van der Waals surface area (Å²) in [5.41, 5.74) is 8.73. The van der Waals surface area contributed by atoms with Crippen molar-refractivity contribution in [1.82, 2.24) is 0 Å². The van der Waals surface area contributed by atoms with Gasteiger partial charge < -0.3 is 16.4 Å². The lowest BCUT2D eigenvalue weighted by Gasteiger charge is -2.12. The number of halogens is 1. The predicted octanol–water partition coefficient (Wildman–Crippen LogP) is 3.68. The van der Waals surface area contributed by atoms with E-state index in [1.54, 1.807) is 30.3 Å². The molecule has 21 heavy (non-hydrogen) atoms. The van der Waals surface area contributed by atoms with E-state index in [-0.39, 0.29) is 5.91 Å². The van der Waals surface area contributed by atoms with Crippen molar-refractivity contribution < 1.29 is 4.79 Å². The van der Waals surface area contributed by atoms with Crippen molar-refractivity contribution in [2.75, 3.05) is 10.6 Å². The number of carbonyl (C=O) groups is 1. The van der Waals surface area contributed by atoms with Gasteiger partial charge in [-0.25, -0.2) is 0 Å². The van der Waals surface area contributed by atoms with Crippen LogP contribution in [0.2, 0.25) is 5.02 Å². The zero-order valence-corrected chi connectivity index (χ0v) is 12.9. The van der Waals surface area contributed by atoms with Crippen LogP contribution in [-0.2, 0) is 4.79 Å². The number of benzene rings is 2. The van der Waals surface area contributed by atoms with Gasteiger partial charge in [-0.05, 0) is 42.5 Å². The molecule has 2 rings (SSSR count). The summed E-state index contributed by atoms with van der Waals surface area (Å²) in [7, 11) is 0. The van der Waals surface area contributed by atoms with Crippen molar-refractivity contribution in [2.24, 2.45) is 5.73 Å². The van der Waals surface area contributed by atoms with E-state index in [1.807, 2.05) is 12.1 Å². The topological polar surface area (TPSA) is 67.2 Å². The van der Waals surface area contributed by atoms with Gasteiger partial charge in [-0.2, -0.15) is 0 Å². The van der Waals surface area contributed by atoms with Crippen LogP contribution in [0.3, 0.4) is 0 Å². The van der Waals surface area contributed by atoms with Crippen molar-refractivity contribution in [2.45, 2.75) is 6.92 Å². The fourth-order valence-corrected chi connectivity index (χ4v) is 2.18. The zero-order valence-electron chi connectivity index (χ0n) is 11.3. The van der Waals surface area contributed by atoms with Crippen LogP contribution in [0.1, 0.15) is 12.5 Å². The van der Waals surface area contributed by atoms with Gasteiger partial charge in [0.25, 0.3) is 0 Å². The van der Waals surface area contributed by atoms with Gasteiger partial charge in [-0.1, -0.05) is 23.8 Å². The predicted molar refractivity (Wildman–Crippen MR) is 91.4 cm³/mol. The first-order valence-corrected chi connectivity index (χ1v) is 6.98. The SMILES string of the molecule is CC(=O)Nc1ccc(Nc2cc(Cl)ccc2C(N)=S)cc1. The Hall–Kier alpha value is -2.11. The van der Waals surface area contributed by atoms with Gasteiger partial charge in [-0.15, -0.1) is 0 Å². The number of nitrogens with two attached hydrogens (primary N) is 1. The van der Waals surface area contributed by atoms with Gasteiger partial charge in [0.05, 0.1) is 5.69 Å². The maximum atomic E-state index is 11.0. The molecular weight excluding hydrogens is 306 g/mol. The molecule has 0 atom stereocenters. The van der Waals surface area contributed by atoms with Crippen LogP contribution in [0.15, 0.2) is 42.5 Å². The minimum absolute atomic E-state index is 0.110. The fourth-order valence-electron chi connectivity index (χ4n) is 1.83. The van der Waals surface area contributed by atoms with E-state index in [9.17, 15) is 4.79 Å². The monoisotopic (exact) mass is 319 g/mol. The quantitative estimate of drug-likeness (QED) is 0.752. The van der Waals surface area contributed by atoms with Gasteiger partial charge in [0, 0.05) is 28.9 Å². The minimum Gasteiger partial charge on any atom is -0.389 e. The van der Waals surface area contributed by atoms with Gasteiger partial charge in [-0.3, -0.25) is 4.79 Å². The summed E-state index contributed by atoms with van der Waals surface area (Å²) in [5, 5.41) is 6.51. The Morgan fingerprint density at radius 3 is 2.33 bits per heavy atom. The second-order valence-corrected chi connectivity index (χ2v) is 5.31. The van der Waals surface area contributed by atoms with E-state index < -0.39 is 0 Å². The molecule has 108 valence electrons. The van der Waals surface area contributed by atoms with E-state index in [2.05, 4.69) is 10.6 Å². The highest BCUT2D eigenvalue weighted by Gasteiger charge is 2.06. The molecule has 0 aromatic heterocycles. The smallest absolute Gasteiger partial charge is 0.221 e. The van der Waals surface area contributed by atoms with Gasteiger partial charge >= 0.3 is 0 Å². The molecule has 0 bridgehead atoms. The van der Waals surface area contributed by atoms with Gasteiger partial charge in [0.15, 0.2) is 0 Å². The van der Waals surface area contributed by atoms with E-state index in [0.717, 1.165) is 22.6 Å². The number of anilines is 3. The lowest BCUT2D eigenvalue weighted by Crippen LogP contribution is -2.11. The third kappa shape index (κ3) is 4.18. The van der Waals surface area contributed by atoms with Crippen LogP contribution in [0, 0.1) is 0 Å². The van der Waals surface area contributed by atoms with Gasteiger partial charge in [0.2, 0.25) is 5.91 Å². The highest BCUT2D eigenvalue weighted by atomic mass is 35.5.